The molecule has 0 aliphatic rings. The number of fused-ring (bicyclic) bond motifs is 1. The molecule has 0 radical (unpaired) electrons. The van der Waals surface area contributed by atoms with Gasteiger partial charge in [0, 0.05) is 24.8 Å². The summed E-state index contributed by atoms with van der Waals surface area (Å²) in [6.07, 6.45) is 4.98. The number of aromatic nitrogens is 4. The second kappa shape index (κ2) is 5.57. The second-order valence-corrected chi connectivity index (χ2v) is 5.12. The molecule has 21 heavy (non-hydrogen) atoms. The van der Waals surface area contributed by atoms with Gasteiger partial charge in [0.2, 0.25) is 5.91 Å². The number of nitrogens with one attached hydrogen (secondary N) is 1. The first-order valence-corrected chi connectivity index (χ1v) is 6.85. The lowest BCUT2D eigenvalue weighted by Crippen LogP contribution is -2.27. The fourth-order valence-corrected chi connectivity index (χ4v) is 2.54. The lowest BCUT2D eigenvalue weighted by Gasteiger charge is -2.04. The molecule has 3 rings (SSSR count). The van der Waals surface area contributed by atoms with Crippen LogP contribution in [-0.2, 0) is 24.9 Å². The highest BCUT2D eigenvalue weighted by Crippen LogP contribution is 2.26. The van der Waals surface area contributed by atoms with Crippen LogP contribution >= 0.6 is 11.6 Å². The van der Waals surface area contributed by atoms with Crippen molar-refractivity contribution in [3.05, 3.63) is 47.6 Å². The Kier molecular flexibility index (Phi) is 3.62. The van der Waals surface area contributed by atoms with Crippen LogP contribution in [0.1, 0.15) is 5.69 Å². The van der Waals surface area contributed by atoms with Crippen LogP contribution in [0.3, 0.4) is 0 Å². The van der Waals surface area contributed by atoms with E-state index in [1.807, 2.05) is 25.2 Å². The molecule has 0 spiro atoms. The number of benzene rings is 1. The van der Waals surface area contributed by atoms with Crippen LogP contribution in [0.15, 0.2) is 36.9 Å². The quantitative estimate of drug-likeness (QED) is 0.798. The van der Waals surface area contributed by atoms with E-state index in [1.54, 1.807) is 28.0 Å². The SMILES string of the molecule is Cn1nc(CNC(=O)Cn2ccnc2)c2c(Cl)cccc21. The van der Waals surface area contributed by atoms with Gasteiger partial charge in [-0.3, -0.25) is 9.48 Å². The van der Waals surface area contributed by atoms with E-state index in [9.17, 15) is 4.79 Å². The Hall–Kier alpha value is -2.34. The number of nitrogens with zero attached hydrogens (tertiary/aromatic N) is 4. The van der Waals surface area contributed by atoms with Crippen molar-refractivity contribution in [2.24, 2.45) is 7.05 Å². The van der Waals surface area contributed by atoms with Gasteiger partial charge in [-0.15, -0.1) is 0 Å². The number of carbonyl (C=O) groups is 1. The van der Waals surface area contributed by atoms with Gasteiger partial charge in [-0.2, -0.15) is 5.10 Å². The van der Waals surface area contributed by atoms with Gasteiger partial charge in [0.15, 0.2) is 0 Å². The summed E-state index contributed by atoms with van der Waals surface area (Å²) >= 11 is 6.23. The molecule has 0 saturated carbocycles. The standard InChI is InChI=1S/C14H14ClN5O/c1-19-12-4-2-3-10(15)14(12)11(18-19)7-17-13(21)8-20-6-5-16-9-20/h2-6,9H,7-8H2,1H3,(H,17,21). The predicted molar refractivity (Wildman–Crippen MR) is 79.8 cm³/mol. The summed E-state index contributed by atoms with van der Waals surface area (Å²) in [5.74, 6) is -0.0983. The minimum absolute atomic E-state index is 0.0983. The molecule has 2 heterocycles. The lowest BCUT2D eigenvalue weighted by molar-refractivity contribution is -0.121. The normalized spacial score (nSPS) is 11.0. The first-order chi connectivity index (χ1) is 10.1. The maximum atomic E-state index is 11.9. The molecule has 0 atom stereocenters. The van der Waals surface area contributed by atoms with Crippen molar-refractivity contribution in [1.82, 2.24) is 24.6 Å². The predicted octanol–water partition coefficient (Wildman–Crippen LogP) is 1.74. The molecule has 0 bridgehead atoms. The van der Waals surface area contributed by atoms with Crippen molar-refractivity contribution in [3.8, 4) is 0 Å². The van der Waals surface area contributed by atoms with Crippen LogP contribution in [0, 0.1) is 0 Å². The van der Waals surface area contributed by atoms with Gasteiger partial charge in [0.25, 0.3) is 0 Å². The zero-order chi connectivity index (χ0) is 14.8. The van der Waals surface area contributed by atoms with Crippen LogP contribution < -0.4 is 5.32 Å². The molecule has 1 N–H and O–H groups in total. The highest BCUT2D eigenvalue weighted by molar-refractivity contribution is 6.35. The molecule has 0 aliphatic carbocycles. The van der Waals surface area contributed by atoms with E-state index < -0.39 is 0 Å². The molecule has 0 saturated heterocycles. The lowest BCUT2D eigenvalue weighted by atomic mass is 10.2. The summed E-state index contributed by atoms with van der Waals surface area (Å²) in [5.41, 5.74) is 1.71. The summed E-state index contributed by atoms with van der Waals surface area (Å²) in [6.45, 7) is 0.576. The summed E-state index contributed by atoms with van der Waals surface area (Å²) in [5, 5.41) is 8.78. The topological polar surface area (TPSA) is 64.7 Å². The molecule has 0 fully saturated rings. The fourth-order valence-electron chi connectivity index (χ4n) is 2.26. The van der Waals surface area contributed by atoms with Crippen LogP contribution in [0.25, 0.3) is 10.9 Å². The van der Waals surface area contributed by atoms with Gasteiger partial charge >= 0.3 is 0 Å². The smallest absolute Gasteiger partial charge is 0.240 e. The number of amides is 1. The molecule has 1 aromatic carbocycles. The molecule has 1 amide bonds. The highest BCUT2D eigenvalue weighted by Gasteiger charge is 2.12. The largest absolute Gasteiger partial charge is 0.349 e. The van der Waals surface area contributed by atoms with Crippen LogP contribution in [0.5, 0.6) is 0 Å². The number of hydrogen-bond donors (Lipinski definition) is 1. The summed E-state index contributed by atoms with van der Waals surface area (Å²) in [7, 11) is 1.86. The first kappa shape index (κ1) is 13.6. The summed E-state index contributed by atoms with van der Waals surface area (Å²) in [4.78, 5) is 15.8. The van der Waals surface area contributed by atoms with E-state index >= 15 is 0 Å². The van der Waals surface area contributed by atoms with Crippen LogP contribution in [-0.4, -0.2) is 25.2 Å². The van der Waals surface area contributed by atoms with Crippen molar-refractivity contribution < 1.29 is 4.79 Å². The third kappa shape index (κ3) is 2.75. The molecule has 108 valence electrons. The van der Waals surface area contributed by atoms with Crippen molar-refractivity contribution >= 4 is 28.4 Å². The number of halogens is 1. The van der Waals surface area contributed by atoms with E-state index in [0.29, 0.717) is 11.6 Å². The number of rotatable bonds is 4. The van der Waals surface area contributed by atoms with E-state index in [0.717, 1.165) is 16.6 Å². The van der Waals surface area contributed by atoms with Crippen molar-refractivity contribution in [1.29, 1.82) is 0 Å². The Bertz CT molecular complexity index is 778. The van der Waals surface area contributed by atoms with Gasteiger partial charge in [-0.05, 0) is 12.1 Å². The first-order valence-electron chi connectivity index (χ1n) is 6.47. The zero-order valence-electron chi connectivity index (χ0n) is 11.5. The van der Waals surface area contributed by atoms with E-state index in [-0.39, 0.29) is 12.5 Å². The van der Waals surface area contributed by atoms with Gasteiger partial charge in [-0.1, -0.05) is 17.7 Å². The monoisotopic (exact) mass is 303 g/mol. The average molecular weight is 304 g/mol. The molecule has 0 aliphatic heterocycles. The molecular formula is C14H14ClN5O. The van der Waals surface area contributed by atoms with E-state index in [4.69, 9.17) is 11.6 Å². The van der Waals surface area contributed by atoms with Gasteiger partial charge < -0.3 is 9.88 Å². The van der Waals surface area contributed by atoms with Crippen LogP contribution in [0.4, 0.5) is 0 Å². The highest BCUT2D eigenvalue weighted by atomic mass is 35.5. The maximum absolute atomic E-state index is 11.9. The number of hydrogen-bond acceptors (Lipinski definition) is 3. The van der Waals surface area contributed by atoms with E-state index in [2.05, 4.69) is 15.4 Å². The van der Waals surface area contributed by atoms with Crippen molar-refractivity contribution in [2.75, 3.05) is 0 Å². The fraction of sp³-hybridized carbons (Fsp3) is 0.214. The molecule has 2 aromatic heterocycles. The molecular weight excluding hydrogens is 290 g/mol. The van der Waals surface area contributed by atoms with Gasteiger partial charge in [0.1, 0.15) is 6.54 Å². The third-order valence-electron chi connectivity index (χ3n) is 3.24. The Labute approximate surface area is 126 Å². The summed E-state index contributed by atoms with van der Waals surface area (Å²) in [6, 6.07) is 5.65. The Morgan fingerprint density at radius 2 is 2.29 bits per heavy atom. The van der Waals surface area contributed by atoms with Crippen molar-refractivity contribution in [2.45, 2.75) is 13.1 Å². The van der Waals surface area contributed by atoms with E-state index in [1.165, 1.54) is 0 Å². The maximum Gasteiger partial charge on any atom is 0.240 e. The van der Waals surface area contributed by atoms with Crippen molar-refractivity contribution in [3.63, 3.8) is 0 Å². The number of aryl methyl sites for hydroxylation is 1. The van der Waals surface area contributed by atoms with Gasteiger partial charge in [-0.25, -0.2) is 4.98 Å². The second-order valence-electron chi connectivity index (χ2n) is 4.72. The summed E-state index contributed by atoms with van der Waals surface area (Å²) < 4.78 is 3.47. The molecule has 3 aromatic rings. The number of carbonyl (C=O) groups excluding carboxylic acids is 1. The zero-order valence-corrected chi connectivity index (χ0v) is 12.2. The van der Waals surface area contributed by atoms with Crippen LogP contribution in [0.2, 0.25) is 5.02 Å². The molecule has 7 heteroatoms. The average Bonchev–Trinajstić information content (AvgIpc) is 3.06. The minimum Gasteiger partial charge on any atom is -0.349 e. The number of imidazole rings is 1. The Morgan fingerprint density at radius 1 is 1.43 bits per heavy atom. The Balaban J connectivity index is 1.75. The van der Waals surface area contributed by atoms with Gasteiger partial charge in [0.05, 0.1) is 29.1 Å². The third-order valence-corrected chi connectivity index (χ3v) is 3.55. The molecule has 6 nitrogen and oxygen atoms in total. The molecule has 0 unspecified atom stereocenters. The minimum atomic E-state index is -0.0983. The Morgan fingerprint density at radius 3 is 3.05 bits per heavy atom.